The van der Waals surface area contributed by atoms with Crippen molar-refractivity contribution in [2.45, 2.75) is 43.9 Å². The van der Waals surface area contributed by atoms with Gasteiger partial charge in [-0.2, -0.15) is 0 Å². The SMILES string of the molecule is C=CCOc1ccc(C23CC4CC(CC(C4)C2)C3)cc1. The van der Waals surface area contributed by atoms with Gasteiger partial charge in [0.1, 0.15) is 12.4 Å². The second-order valence-electron chi connectivity index (χ2n) is 7.32. The third-order valence-corrected chi connectivity index (χ3v) is 5.87. The van der Waals surface area contributed by atoms with E-state index in [9.17, 15) is 0 Å². The second kappa shape index (κ2) is 4.65. The first-order valence-corrected chi connectivity index (χ1v) is 8.12. The number of ether oxygens (including phenoxy) is 1. The van der Waals surface area contributed by atoms with Crippen molar-refractivity contribution in [1.29, 1.82) is 0 Å². The first-order valence-electron chi connectivity index (χ1n) is 8.12. The molecule has 0 atom stereocenters. The molecule has 0 N–H and O–H groups in total. The fourth-order valence-corrected chi connectivity index (χ4v) is 5.52. The van der Waals surface area contributed by atoms with E-state index in [1.807, 2.05) is 0 Å². The molecule has 0 saturated heterocycles. The monoisotopic (exact) mass is 268 g/mol. The fourth-order valence-electron chi connectivity index (χ4n) is 5.52. The summed E-state index contributed by atoms with van der Waals surface area (Å²) in [5.74, 6) is 4.01. The van der Waals surface area contributed by atoms with Gasteiger partial charge in [0.2, 0.25) is 0 Å². The molecule has 106 valence electrons. The molecule has 1 nitrogen and oxygen atoms in total. The zero-order valence-electron chi connectivity index (χ0n) is 12.2. The lowest BCUT2D eigenvalue weighted by atomic mass is 9.48. The number of rotatable bonds is 4. The summed E-state index contributed by atoms with van der Waals surface area (Å²) in [4.78, 5) is 0. The minimum absolute atomic E-state index is 0.506. The summed E-state index contributed by atoms with van der Waals surface area (Å²) in [7, 11) is 0. The third kappa shape index (κ3) is 1.99. The Morgan fingerprint density at radius 2 is 1.55 bits per heavy atom. The maximum Gasteiger partial charge on any atom is 0.119 e. The molecule has 4 fully saturated rings. The summed E-state index contributed by atoms with van der Waals surface area (Å²) in [5.41, 5.74) is 2.08. The van der Waals surface area contributed by atoms with Gasteiger partial charge >= 0.3 is 0 Å². The van der Waals surface area contributed by atoms with Crippen molar-refractivity contribution in [1.82, 2.24) is 0 Å². The van der Waals surface area contributed by atoms with Gasteiger partial charge in [-0.25, -0.2) is 0 Å². The predicted octanol–water partition coefficient (Wildman–Crippen LogP) is 4.72. The molecule has 1 aromatic rings. The molecule has 4 aliphatic carbocycles. The zero-order chi connectivity index (χ0) is 13.6. The van der Waals surface area contributed by atoms with Crippen molar-refractivity contribution >= 4 is 0 Å². The van der Waals surface area contributed by atoms with E-state index in [2.05, 4.69) is 30.8 Å². The van der Waals surface area contributed by atoms with Crippen molar-refractivity contribution in [2.75, 3.05) is 6.61 Å². The first-order chi connectivity index (χ1) is 9.77. The van der Waals surface area contributed by atoms with E-state index in [0.29, 0.717) is 12.0 Å². The minimum atomic E-state index is 0.506. The lowest BCUT2D eigenvalue weighted by molar-refractivity contribution is -0.00520. The van der Waals surface area contributed by atoms with Crippen molar-refractivity contribution in [3.63, 3.8) is 0 Å². The van der Waals surface area contributed by atoms with Gasteiger partial charge in [0.15, 0.2) is 0 Å². The lowest BCUT2D eigenvalue weighted by Gasteiger charge is -2.57. The van der Waals surface area contributed by atoms with Gasteiger partial charge in [-0.1, -0.05) is 24.8 Å². The van der Waals surface area contributed by atoms with Crippen LogP contribution in [-0.2, 0) is 5.41 Å². The van der Waals surface area contributed by atoms with Gasteiger partial charge in [-0.3, -0.25) is 0 Å². The van der Waals surface area contributed by atoms with Crippen LogP contribution in [0.3, 0.4) is 0 Å². The molecular weight excluding hydrogens is 244 g/mol. The molecule has 4 bridgehead atoms. The van der Waals surface area contributed by atoms with Crippen LogP contribution in [0.4, 0.5) is 0 Å². The first kappa shape index (κ1) is 12.5. The highest BCUT2D eigenvalue weighted by atomic mass is 16.5. The van der Waals surface area contributed by atoms with Gasteiger partial charge in [0.25, 0.3) is 0 Å². The van der Waals surface area contributed by atoms with Gasteiger partial charge in [-0.05, 0) is 79.4 Å². The van der Waals surface area contributed by atoms with Crippen LogP contribution in [0.2, 0.25) is 0 Å². The summed E-state index contributed by atoms with van der Waals surface area (Å²) < 4.78 is 5.61. The van der Waals surface area contributed by atoms with Crippen LogP contribution >= 0.6 is 0 Å². The molecular formula is C19H24O. The topological polar surface area (TPSA) is 9.23 Å². The molecule has 1 aromatic carbocycles. The van der Waals surface area contributed by atoms with E-state index in [1.54, 1.807) is 11.6 Å². The summed E-state index contributed by atoms with van der Waals surface area (Å²) in [6.07, 6.45) is 10.6. The maximum absolute atomic E-state index is 5.61. The molecule has 0 unspecified atom stereocenters. The molecule has 4 saturated carbocycles. The van der Waals surface area contributed by atoms with Crippen LogP contribution in [0.25, 0.3) is 0 Å². The Balaban J connectivity index is 1.59. The minimum Gasteiger partial charge on any atom is -0.490 e. The summed E-state index contributed by atoms with van der Waals surface area (Å²) >= 11 is 0. The smallest absolute Gasteiger partial charge is 0.119 e. The summed E-state index contributed by atoms with van der Waals surface area (Å²) in [5, 5.41) is 0. The van der Waals surface area contributed by atoms with Crippen molar-refractivity contribution in [2.24, 2.45) is 17.8 Å². The largest absolute Gasteiger partial charge is 0.490 e. The molecule has 0 amide bonds. The molecule has 0 aromatic heterocycles. The van der Waals surface area contributed by atoms with Gasteiger partial charge in [-0.15, -0.1) is 0 Å². The van der Waals surface area contributed by atoms with Crippen molar-refractivity contribution in [3.05, 3.63) is 42.5 Å². The average molecular weight is 268 g/mol. The molecule has 0 aliphatic heterocycles. The zero-order valence-corrected chi connectivity index (χ0v) is 12.2. The van der Waals surface area contributed by atoms with E-state index in [1.165, 1.54) is 38.5 Å². The Labute approximate surface area is 122 Å². The van der Waals surface area contributed by atoms with E-state index >= 15 is 0 Å². The molecule has 4 aliphatic rings. The van der Waals surface area contributed by atoms with Crippen molar-refractivity contribution < 1.29 is 4.74 Å². The quantitative estimate of drug-likeness (QED) is 0.718. The van der Waals surface area contributed by atoms with Crippen LogP contribution < -0.4 is 4.74 Å². The van der Waals surface area contributed by atoms with Crippen LogP contribution in [0, 0.1) is 17.8 Å². The van der Waals surface area contributed by atoms with Crippen LogP contribution in [0.1, 0.15) is 44.1 Å². The van der Waals surface area contributed by atoms with Crippen LogP contribution in [0.15, 0.2) is 36.9 Å². The summed E-state index contributed by atoms with van der Waals surface area (Å²) in [6.45, 7) is 4.29. The van der Waals surface area contributed by atoms with E-state index in [0.717, 1.165) is 23.5 Å². The Kier molecular flexibility index (Phi) is 2.90. The van der Waals surface area contributed by atoms with Gasteiger partial charge in [0, 0.05) is 0 Å². The molecule has 1 heteroatoms. The van der Waals surface area contributed by atoms with Crippen LogP contribution in [-0.4, -0.2) is 6.61 Å². The molecule has 20 heavy (non-hydrogen) atoms. The Morgan fingerprint density at radius 3 is 2.05 bits per heavy atom. The van der Waals surface area contributed by atoms with E-state index in [-0.39, 0.29) is 0 Å². The van der Waals surface area contributed by atoms with Gasteiger partial charge in [0.05, 0.1) is 0 Å². The highest BCUT2D eigenvalue weighted by Gasteiger charge is 2.51. The highest BCUT2D eigenvalue weighted by molar-refractivity contribution is 5.34. The molecule has 0 spiro atoms. The molecule has 0 heterocycles. The fraction of sp³-hybridized carbons (Fsp3) is 0.579. The maximum atomic E-state index is 5.61. The normalized spacial score (nSPS) is 37.9. The predicted molar refractivity (Wildman–Crippen MR) is 82.0 cm³/mol. The lowest BCUT2D eigenvalue weighted by Crippen LogP contribution is -2.48. The average Bonchev–Trinajstić information content (AvgIpc) is 2.44. The summed E-state index contributed by atoms with van der Waals surface area (Å²) in [6, 6.07) is 8.95. The molecule has 5 rings (SSSR count). The van der Waals surface area contributed by atoms with E-state index in [4.69, 9.17) is 4.74 Å². The standard InChI is InChI=1S/C19H24O/c1-2-7-20-18-5-3-17(4-6-18)19-11-14-8-15(12-19)10-16(9-14)13-19/h2-6,14-16H,1,7-13H2. The Bertz CT molecular complexity index is 464. The Morgan fingerprint density at radius 1 is 1.00 bits per heavy atom. The third-order valence-electron chi connectivity index (χ3n) is 5.87. The van der Waals surface area contributed by atoms with Crippen LogP contribution in [0.5, 0.6) is 5.75 Å². The van der Waals surface area contributed by atoms with Gasteiger partial charge < -0.3 is 4.74 Å². The van der Waals surface area contributed by atoms with Crippen molar-refractivity contribution in [3.8, 4) is 5.75 Å². The highest BCUT2D eigenvalue weighted by Crippen LogP contribution is 2.60. The number of benzene rings is 1. The Hall–Kier alpha value is -1.24. The van der Waals surface area contributed by atoms with E-state index < -0.39 is 0 Å². The molecule has 0 radical (unpaired) electrons. The second-order valence-corrected chi connectivity index (χ2v) is 7.32. The number of hydrogen-bond donors (Lipinski definition) is 0. The number of hydrogen-bond acceptors (Lipinski definition) is 1.